The molecule has 0 atom stereocenters. The second-order valence-electron chi connectivity index (χ2n) is 8.47. The van der Waals surface area contributed by atoms with Crippen LogP contribution in [0.4, 0.5) is 11.5 Å². The van der Waals surface area contributed by atoms with E-state index in [9.17, 15) is 0 Å². The summed E-state index contributed by atoms with van der Waals surface area (Å²) in [5, 5.41) is 1.07. The molecule has 0 unspecified atom stereocenters. The smallest absolute Gasteiger partial charge is 0.147 e. The minimum atomic E-state index is 0.567. The van der Waals surface area contributed by atoms with Crippen LogP contribution in [0.5, 0.6) is 0 Å². The number of pyridine rings is 2. The van der Waals surface area contributed by atoms with Crippen molar-refractivity contribution < 1.29 is 4.74 Å². The first-order valence-electron chi connectivity index (χ1n) is 11.2. The van der Waals surface area contributed by atoms with Gasteiger partial charge in [0.15, 0.2) is 0 Å². The second kappa shape index (κ2) is 7.90. The monoisotopic (exact) mass is 435 g/mol. The van der Waals surface area contributed by atoms with Gasteiger partial charge in [-0.25, -0.2) is 9.97 Å². The number of nitrogen functional groups attached to an aromatic ring is 1. The lowest BCUT2D eigenvalue weighted by atomic mass is 9.93. The van der Waals surface area contributed by atoms with Gasteiger partial charge < -0.3 is 15.4 Å². The number of hydrogen-bond donors (Lipinski definition) is 1. The molecule has 1 aliphatic rings. The number of morpholine rings is 1. The summed E-state index contributed by atoms with van der Waals surface area (Å²) in [7, 11) is 0. The Kier molecular flexibility index (Phi) is 4.73. The van der Waals surface area contributed by atoms with Crippen molar-refractivity contribution in [3.8, 4) is 22.5 Å². The predicted molar refractivity (Wildman–Crippen MR) is 134 cm³/mol. The molecule has 1 saturated heterocycles. The van der Waals surface area contributed by atoms with Gasteiger partial charge >= 0.3 is 0 Å². The van der Waals surface area contributed by atoms with Crippen LogP contribution in [0.3, 0.4) is 0 Å². The van der Waals surface area contributed by atoms with E-state index < -0.39 is 0 Å². The van der Waals surface area contributed by atoms with E-state index >= 15 is 0 Å². The summed E-state index contributed by atoms with van der Waals surface area (Å²) in [6.07, 6.45) is 3.98. The summed E-state index contributed by atoms with van der Waals surface area (Å²) in [6, 6.07) is 21.1. The standard InChI is InChI=1S/C27H25N5O/c1-18-5-4-7-22(27-29-17-21-6-2-3-10-32(21)27)25(18)19-8-9-23-20(15-19)16-24(26(28)30-23)31-11-13-33-14-12-31/h2-10,15-17H,11-14H2,1H3,(H2,28,30). The fourth-order valence-corrected chi connectivity index (χ4v) is 4.77. The Morgan fingerprint density at radius 1 is 0.970 bits per heavy atom. The van der Waals surface area contributed by atoms with Crippen molar-refractivity contribution >= 4 is 27.9 Å². The van der Waals surface area contributed by atoms with Crippen LogP contribution in [0.25, 0.3) is 38.9 Å². The summed E-state index contributed by atoms with van der Waals surface area (Å²) >= 11 is 0. The predicted octanol–water partition coefficient (Wildman–Crippen LogP) is 4.94. The van der Waals surface area contributed by atoms with E-state index in [4.69, 9.17) is 20.4 Å². The maximum absolute atomic E-state index is 6.33. The zero-order valence-electron chi connectivity index (χ0n) is 18.5. The summed E-state index contributed by atoms with van der Waals surface area (Å²) in [5.41, 5.74) is 13.9. The van der Waals surface area contributed by atoms with E-state index in [-0.39, 0.29) is 0 Å². The molecule has 0 bridgehead atoms. The first-order chi connectivity index (χ1) is 16.2. The summed E-state index contributed by atoms with van der Waals surface area (Å²) in [4.78, 5) is 11.7. The highest BCUT2D eigenvalue weighted by Gasteiger charge is 2.18. The van der Waals surface area contributed by atoms with Crippen LogP contribution < -0.4 is 10.6 Å². The Labute approximate surface area is 192 Å². The van der Waals surface area contributed by atoms with Crippen molar-refractivity contribution in [2.24, 2.45) is 0 Å². The Balaban J connectivity index is 1.51. The van der Waals surface area contributed by atoms with Crippen LogP contribution in [0, 0.1) is 6.92 Å². The molecule has 164 valence electrons. The summed E-state index contributed by atoms with van der Waals surface area (Å²) in [5.74, 6) is 1.51. The molecular formula is C27H25N5O. The molecule has 3 aromatic heterocycles. The van der Waals surface area contributed by atoms with E-state index in [1.165, 1.54) is 11.1 Å². The van der Waals surface area contributed by atoms with E-state index in [0.717, 1.165) is 52.1 Å². The van der Waals surface area contributed by atoms with Crippen LogP contribution in [0.15, 0.2) is 73.1 Å². The molecule has 0 amide bonds. The molecule has 4 heterocycles. The number of imidazole rings is 1. The van der Waals surface area contributed by atoms with Crippen molar-refractivity contribution in [2.45, 2.75) is 6.92 Å². The van der Waals surface area contributed by atoms with Crippen LogP contribution in [-0.2, 0) is 4.74 Å². The Bertz CT molecular complexity index is 1480. The highest BCUT2D eigenvalue weighted by atomic mass is 16.5. The first-order valence-corrected chi connectivity index (χ1v) is 11.2. The van der Waals surface area contributed by atoms with Crippen molar-refractivity contribution in [1.82, 2.24) is 14.4 Å². The quantitative estimate of drug-likeness (QED) is 0.435. The number of benzene rings is 2. The van der Waals surface area contributed by atoms with Gasteiger partial charge in [-0.05, 0) is 53.9 Å². The number of hydrogen-bond acceptors (Lipinski definition) is 5. The Morgan fingerprint density at radius 2 is 1.85 bits per heavy atom. The fraction of sp³-hybridized carbons (Fsp3) is 0.185. The van der Waals surface area contributed by atoms with Gasteiger partial charge in [0.05, 0.1) is 36.1 Å². The van der Waals surface area contributed by atoms with Gasteiger partial charge in [0.1, 0.15) is 11.6 Å². The van der Waals surface area contributed by atoms with Crippen LogP contribution >= 0.6 is 0 Å². The molecule has 6 rings (SSSR count). The van der Waals surface area contributed by atoms with Gasteiger partial charge in [-0.2, -0.15) is 0 Å². The molecule has 0 aliphatic carbocycles. The van der Waals surface area contributed by atoms with E-state index in [2.05, 4.69) is 71.0 Å². The molecule has 2 N–H and O–H groups in total. The van der Waals surface area contributed by atoms with Crippen molar-refractivity contribution in [3.63, 3.8) is 0 Å². The van der Waals surface area contributed by atoms with Gasteiger partial charge in [-0.1, -0.05) is 30.3 Å². The van der Waals surface area contributed by atoms with E-state index in [1.54, 1.807) is 0 Å². The molecule has 33 heavy (non-hydrogen) atoms. The molecule has 6 heteroatoms. The minimum absolute atomic E-state index is 0.567. The maximum Gasteiger partial charge on any atom is 0.147 e. The van der Waals surface area contributed by atoms with Gasteiger partial charge in [0, 0.05) is 30.2 Å². The third-order valence-corrected chi connectivity index (χ3v) is 6.42. The van der Waals surface area contributed by atoms with Crippen molar-refractivity contribution in [2.75, 3.05) is 36.9 Å². The second-order valence-corrected chi connectivity index (χ2v) is 8.47. The Hall–Kier alpha value is -3.90. The lowest BCUT2D eigenvalue weighted by Crippen LogP contribution is -2.36. The molecular weight excluding hydrogens is 410 g/mol. The normalized spacial score (nSPS) is 14.3. The number of aryl methyl sites for hydroxylation is 1. The van der Waals surface area contributed by atoms with Gasteiger partial charge in [0.25, 0.3) is 0 Å². The van der Waals surface area contributed by atoms with Crippen LogP contribution in [0.1, 0.15) is 5.56 Å². The zero-order valence-corrected chi connectivity index (χ0v) is 18.5. The third kappa shape index (κ3) is 3.39. The molecule has 1 aliphatic heterocycles. The van der Waals surface area contributed by atoms with Gasteiger partial charge in [0.2, 0.25) is 0 Å². The number of fused-ring (bicyclic) bond motifs is 2. The number of nitrogens with zero attached hydrogens (tertiary/aromatic N) is 4. The lowest BCUT2D eigenvalue weighted by Gasteiger charge is -2.29. The van der Waals surface area contributed by atoms with Gasteiger partial charge in [-0.15, -0.1) is 0 Å². The topological polar surface area (TPSA) is 68.7 Å². The third-order valence-electron chi connectivity index (χ3n) is 6.42. The molecule has 6 nitrogen and oxygen atoms in total. The van der Waals surface area contributed by atoms with Crippen molar-refractivity contribution in [3.05, 3.63) is 78.6 Å². The van der Waals surface area contributed by atoms with E-state index in [0.29, 0.717) is 19.0 Å². The van der Waals surface area contributed by atoms with Crippen molar-refractivity contribution in [1.29, 1.82) is 0 Å². The average Bonchev–Trinajstić information content (AvgIpc) is 3.28. The summed E-state index contributed by atoms with van der Waals surface area (Å²) < 4.78 is 7.64. The van der Waals surface area contributed by atoms with E-state index in [1.807, 2.05) is 18.3 Å². The molecule has 0 spiro atoms. The minimum Gasteiger partial charge on any atom is -0.382 e. The fourth-order valence-electron chi connectivity index (χ4n) is 4.77. The number of aromatic nitrogens is 3. The lowest BCUT2D eigenvalue weighted by molar-refractivity contribution is 0.123. The van der Waals surface area contributed by atoms with Crippen LogP contribution in [-0.4, -0.2) is 40.7 Å². The molecule has 0 radical (unpaired) electrons. The number of ether oxygens (including phenoxy) is 1. The molecule has 5 aromatic rings. The molecule has 0 saturated carbocycles. The SMILES string of the molecule is Cc1cccc(-c2ncc3ccccn23)c1-c1ccc2nc(N)c(N3CCOCC3)cc2c1. The number of rotatable bonds is 3. The first kappa shape index (κ1) is 19.8. The molecule has 2 aromatic carbocycles. The van der Waals surface area contributed by atoms with Crippen LogP contribution in [0.2, 0.25) is 0 Å². The largest absolute Gasteiger partial charge is 0.382 e. The number of nitrogens with two attached hydrogens (primary N) is 1. The maximum atomic E-state index is 6.33. The average molecular weight is 436 g/mol. The molecule has 1 fully saturated rings. The number of anilines is 2. The zero-order chi connectivity index (χ0) is 22.4. The Morgan fingerprint density at radius 3 is 2.73 bits per heavy atom. The highest BCUT2D eigenvalue weighted by Crippen LogP contribution is 2.37. The summed E-state index contributed by atoms with van der Waals surface area (Å²) in [6.45, 7) is 5.22. The highest BCUT2D eigenvalue weighted by molar-refractivity contribution is 5.93. The van der Waals surface area contributed by atoms with Gasteiger partial charge in [-0.3, -0.25) is 4.40 Å².